The molecular weight excluding hydrogens is 366 g/mol. The van der Waals surface area contributed by atoms with Crippen molar-refractivity contribution in [3.05, 3.63) is 0 Å². The summed E-state index contributed by atoms with van der Waals surface area (Å²) in [6.07, 6.45) is 5.52. The summed E-state index contributed by atoms with van der Waals surface area (Å²) in [5.74, 6) is 0. The Balaban J connectivity index is 3.15. The van der Waals surface area contributed by atoms with Gasteiger partial charge in [0.05, 0.1) is 8.04 Å². The number of aliphatic hydroxyl groups excluding tert-OH is 1. The molecule has 0 aliphatic rings. The van der Waals surface area contributed by atoms with E-state index < -0.39 is 0 Å². The number of hydrogen-bond donors (Lipinski definition) is 1. The van der Waals surface area contributed by atoms with Gasteiger partial charge in [-0.2, -0.15) is 0 Å². The van der Waals surface area contributed by atoms with Crippen molar-refractivity contribution in [3.63, 3.8) is 0 Å². The van der Waals surface area contributed by atoms with Crippen LogP contribution >= 0.6 is 45.2 Å². The molecule has 0 rings (SSSR count). The van der Waals surface area contributed by atoms with Crippen LogP contribution in [0.25, 0.3) is 0 Å². The zero-order valence-corrected chi connectivity index (χ0v) is 11.2. The van der Waals surface area contributed by atoms with Crippen molar-refractivity contribution in [1.29, 1.82) is 0 Å². The molecule has 1 unspecified atom stereocenters. The second-order valence-corrected chi connectivity index (χ2v) is 8.17. The molecule has 0 saturated heterocycles. The molecule has 0 aromatic rings. The van der Waals surface area contributed by atoms with E-state index in [1.54, 1.807) is 0 Å². The van der Waals surface area contributed by atoms with Crippen molar-refractivity contribution >= 4 is 45.2 Å². The topological polar surface area (TPSA) is 20.2 Å². The molecule has 0 aromatic carbocycles. The average molecular weight is 382 g/mol. The van der Waals surface area contributed by atoms with Gasteiger partial charge in [-0.3, -0.25) is 0 Å². The van der Waals surface area contributed by atoms with Crippen molar-refractivity contribution in [1.82, 2.24) is 0 Å². The van der Waals surface area contributed by atoms with Crippen LogP contribution in [-0.4, -0.2) is 13.1 Å². The van der Waals surface area contributed by atoms with Gasteiger partial charge in [0.2, 0.25) is 0 Å². The van der Waals surface area contributed by atoms with Gasteiger partial charge in [0, 0.05) is 0 Å². The molecule has 0 bridgehead atoms. The summed E-state index contributed by atoms with van der Waals surface area (Å²) in [6.45, 7) is 2.19. The van der Waals surface area contributed by atoms with E-state index >= 15 is 0 Å². The van der Waals surface area contributed by atoms with Gasteiger partial charge in [0.1, 0.15) is 0 Å². The molecule has 0 aliphatic heterocycles. The fourth-order valence-electron chi connectivity index (χ4n) is 0.953. The molecule has 0 aliphatic carbocycles. The number of unbranched alkanes of at least 4 members (excludes halogenated alkanes) is 2. The predicted molar refractivity (Wildman–Crippen MR) is 66.6 cm³/mol. The second kappa shape index (κ2) is 8.04. The summed E-state index contributed by atoms with van der Waals surface area (Å²) < 4.78 is 0.571. The standard InChI is InChI=1S/C8H16I2O/c1-2-3-4-5-7(11)6-8(9)10/h7-8,11H,2-6H2,1H3. The van der Waals surface area contributed by atoms with Crippen LogP contribution in [0.4, 0.5) is 0 Å². The highest BCUT2D eigenvalue weighted by atomic mass is 127. The summed E-state index contributed by atoms with van der Waals surface area (Å²) in [7, 11) is 0. The van der Waals surface area contributed by atoms with Crippen molar-refractivity contribution in [2.24, 2.45) is 0 Å². The fraction of sp³-hybridized carbons (Fsp3) is 1.00. The van der Waals surface area contributed by atoms with Crippen LogP contribution in [0.5, 0.6) is 0 Å². The minimum atomic E-state index is -0.0691. The van der Waals surface area contributed by atoms with Gasteiger partial charge in [-0.05, 0) is 12.8 Å². The number of hydrogen-bond acceptors (Lipinski definition) is 1. The highest BCUT2D eigenvalue weighted by molar-refractivity contribution is 14.2. The minimum absolute atomic E-state index is 0.0691. The summed E-state index contributed by atoms with van der Waals surface area (Å²) >= 11 is 4.69. The Morgan fingerprint density at radius 2 is 1.91 bits per heavy atom. The lowest BCUT2D eigenvalue weighted by Gasteiger charge is -2.10. The van der Waals surface area contributed by atoms with Crippen molar-refractivity contribution in [2.45, 2.75) is 47.1 Å². The lowest BCUT2D eigenvalue weighted by atomic mass is 10.1. The molecule has 0 fully saturated rings. The van der Waals surface area contributed by atoms with Gasteiger partial charge >= 0.3 is 0 Å². The lowest BCUT2D eigenvalue weighted by molar-refractivity contribution is 0.157. The second-order valence-electron chi connectivity index (χ2n) is 2.78. The van der Waals surface area contributed by atoms with Crippen LogP contribution in [-0.2, 0) is 0 Å². The van der Waals surface area contributed by atoms with Crippen molar-refractivity contribution < 1.29 is 5.11 Å². The molecule has 0 heterocycles. The third-order valence-electron chi connectivity index (χ3n) is 1.59. The van der Waals surface area contributed by atoms with E-state index in [2.05, 4.69) is 52.1 Å². The molecule has 1 nitrogen and oxygen atoms in total. The van der Waals surface area contributed by atoms with Crippen LogP contribution in [0.1, 0.15) is 39.0 Å². The van der Waals surface area contributed by atoms with E-state index in [9.17, 15) is 5.11 Å². The van der Waals surface area contributed by atoms with Gasteiger partial charge in [0.25, 0.3) is 0 Å². The first-order valence-electron chi connectivity index (χ1n) is 4.13. The zero-order chi connectivity index (χ0) is 8.69. The van der Waals surface area contributed by atoms with E-state index in [0.717, 1.165) is 12.8 Å². The minimum Gasteiger partial charge on any atom is -0.393 e. The average Bonchev–Trinajstić information content (AvgIpc) is 1.86. The molecule has 0 spiro atoms. The van der Waals surface area contributed by atoms with Crippen molar-refractivity contribution in [2.75, 3.05) is 0 Å². The maximum absolute atomic E-state index is 9.44. The normalized spacial score (nSPS) is 13.9. The maximum Gasteiger partial charge on any atom is 0.0651 e. The van der Waals surface area contributed by atoms with Gasteiger partial charge in [-0.1, -0.05) is 71.4 Å². The predicted octanol–water partition coefficient (Wildman–Crippen LogP) is 3.51. The number of halogens is 2. The van der Waals surface area contributed by atoms with E-state index in [0.29, 0.717) is 1.93 Å². The molecule has 0 aromatic heterocycles. The van der Waals surface area contributed by atoms with Gasteiger partial charge in [0.15, 0.2) is 0 Å². The first-order chi connectivity index (χ1) is 5.16. The van der Waals surface area contributed by atoms with E-state index in [4.69, 9.17) is 0 Å². The SMILES string of the molecule is CCCCCC(O)CC(I)I. The van der Waals surface area contributed by atoms with Gasteiger partial charge < -0.3 is 5.11 Å². The summed E-state index contributed by atoms with van der Waals surface area (Å²) in [5, 5.41) is 9.44. The number of aliphatic hydroxyl groups is 1. The first-order valence-corrected chi connectivity index (χ1v) is 6.62. The van der Waals surface area contributed by atoms with Crippen LogP contribution in [0.3, 0.4) is 0 Å². The highest BCUT2D eigenvalue weighted by Gasteiger charge is 2.07. The van der Waals surface area contributed by atoms with E-state index in [-0.39, 0.29) is 6.10 Å². The third-order valence-corrected chi connectivity index (χ3v) is 2.61. The third kappa shape index (κ3) is 9.33. The monoisotopic (exact) mass is 382 g/mol. The number of rotatable bonds is 6. The Bertz CT molecular complexity index is 86.2. The maximum atomic E-state index is 9.44. The summed E-state index contributed by atoms with van der Waals surface area (Å²) in [6, 6.07) is 0. The van der Waals surface area contributed by atoms with Crippen LogP contribution < -0.4 is 0 Å². The smallest absolute Gasteiger partial charge is 0.0651 e. The fourth-order valence-corrected chi connectivity index (χ4v) is 2.13. The molecule has 0 amide bonds. The molecule has 11 heavy (non-hydrogen) atoms. The molecule has 0 radical (unpaired) electrons. The molecule has 1 atom stereocenters. The van der Waals surface area contributed by atoms with Crippen LogP contribution in [0.2, 0.25) is 0 Å². The van der Waals surface area contributed by atoms with Crippen LogP contribution in [0, 0.1) is 0 Å². The molecule has 68 valence electrons. The Labute approximate surface area is 96.6 Å². The Morgan fingerprint density at radius 1 is 1.27 bits per heavy atom. The van der Waals surface area contributed by atoms with E-state index in [1.165, 1.54) is 19.3 Å². The Hall–Kier alpha value is 1.42. The molecular formula is C8H16I2O. The Kier molecular flexibility index (Phi) is 9.08. The highest BCUT2D eigenvalue weighted by Crippen LogP contribution is 2.18. The van der Waals surface area contributed by atoms with Gasteiger partial charge in [-0.25, -0.2) is 0 Å². The molecule has 3 heteroatoms. The molecule has 0 saturated carbocycles. The van der Waals surface area contributed by atoms with Crippen LogP contribution in [0.15, 0.2) is 0 Å². The van der Waals surface area contributed by atoms with Gasteiger partial charge in [-0.15, -0.1) is 0 Å². The quantitative estimate of drug-likeness (QED) is 0.424. The summed E-state index contributed by atoms with van der Waals surface area (Å²) in [4.78, 5) is 0. The first kappa shape index (κ1) is 12.4. The number of alkyl halides is 2. The largest absolute Gasteiger partial charge is 0.393 e. The lowest BCUT2D eigenvalue weighted by Crippen LogP contribution is -2.09. The van der Waals surface area contributed by atoms with E-state index in [1.807, 2.05) is 0 Å². The zero-order valence-electron chi connectivity index (χ0n) is 6.89. The summed E-state index contributed by atoms with van der Waals surface area (Å²) in [5.41, 5.74) is 0. The Morgan fingerprint density at radius 3 is 2.36 bits per heavy atom. The van der Waals surface area contributed by atoms with Crippen molar-refractivity contribution in [3.8, 4) is 0 Å². The molecule has 1 N–H and O–H groups in total.